The maximum Gasteiger partial charge on any atom is 0.0701 e. The van der Waals surface area contributed by atoms with Gasteiger partial charge in [0.05, 0.1) is 25.4 Å². The minimum absolute atomic E-state index is 0.111. The Morgan fingerprint density at radius 1 is 1.15 bits per heavy atom. The van der Waals surface area contributed by atoms with Gasteiger partial charge < -0.3 is 14.9 Å². The van der Waals surface area contributed by atoms with Crippen molar-refractivity contribution in [3.63, 3.8) is 0 Å². The molecule has 4 rings (SSSR count). The Morgan fingerprint density at radius 2 is 1.96 bits per heavy atom. The van der Waals surface area contributed by atoms with Gasteiger partial charge in [-0.25, -0.2) is 0 Å². The SMILES string of the molecule is C[C@H](OCCO)[C@H]1CC[C@H]2[C@@H]3CC=C4C[C@H](O)CC[C@]4(C)[C@H]3CC[C@]12C. The minimum atomic E-state index is -0.111. The van der Waals surface area contributed by atoms with Gasteiger partial charge in [-0.15, -0.1) is 0 Å². The fraction of sp³-hybridized carbons (Fsp3) is 0.913. The molecule has 0 aromatic carbocycles. The van der Waals surface area contributed by atoms with Gasteiger partial charge in [0.1, 0.15) is 0 Å². The molecule has 4 aliphatic rings. The monoisotopic (exact) mass is 362 g/mol. The molecule has 0 bridgehead atoms. The molecule has 148 valence electrons. The van der Waals surface area contributed by atoms with Crippen LogP contribution in [0.2, 0.25) is 0 Å². The normalized spacial score (nSPS) is 49.0. The van der Waals surface area contributed by atoms with Crippen LogP contribution in [0.15, 0.2) is 11.6 Å². The van der Waals surface area contributed by atoms with Crippen molar-refractivity contribution in [1.29, 1.82) is 0 Å². The summed E-state index contributed by atoms with van der Waals surface area (Å²) in [4.78, 5) is 0. The van der Waals surface area contributed by atoms with E-state index in [-0.39, 0.29) is 18.8 Å². The first-order valence-corrected chi connectivity index (χ1v) is 11.0. The van der Waals surface area contributed by atoms with E-state index in [1.54, 1.807) is 5.57 Å². The van der Waals surface area contributed by atoms with Crippen molar-refractivity contribution < 1.29 is 14.9 Å². The van der Waals surface area contributed by atoms with Gasteiger partial charge in [0.25, 0.3) is 0 Å². The molecule has 2 N–H and O–H groups in total. The summed E-state index contributed by atoms with van der Waals surface area (Å²) >= 11 is 0. The molecule has 0 saturated heterocycles. The molecular formula is C23H38O3. The van der Waals surface area contributed by atoms with E-state index in [4.69, 9.17) is 9.84 Å². The number of ether oxygens (including phenoxy) is 1. The van der Waals surface area contributed by atoms with Gasteiger partial charge in [-0.2, -0.15) is 0 Å². The second-order valence-corrected chi connectivity index (χ2v) is 10.2. The Balaban J connectivity index is 1.56. The zero-order chi connectivity index (χ0) is 18.5. The van der Waals surface area contributed by atoms with Gasteiger partial charge in [0.2, 0.25) is 0 Å². The highest BCUT2D eigenvalue weighted by Gasteiger charge is 2.59. The molecule has 0 heterocycles. The number of rotatable bonds is 4. The molecule has 3 saturated carbocycles. The van der Waals surface area contributed by atoms with Crippen molar-refractivity contribution in [3.05, 3.63) is 11.6 Å². The third-order valence-electron chi connectivity index (χ3n) is 9.19. The topological polar surface area (TPSA) is 49.7 Å². The van der Waals surface area contributed by atoms with Crippen molar-refractivity contribution in [1.82, 2.24) is 0 Å². The molecule has 3 fully saturated rings. The molecule has 4 aliphatic carbocycles. The second kappa shape index (κ2) is 6.90. The molecule has 0 amide bonds. The van der Waals surface area contributed by atoms with Crippen molar-refractivity contribution in [2.75, 3.05) is 13.2 Å². The van der Waals surface area contributed by atoms with E-state index in [9.17, 15) is 5.11 Å². The zero-order valence-electron chi connectivity index (χ0n) is 16.9. The van der Waals surface area contributed by atoms with Gasteiger partial charge in [-0.3, -0.25) is 0 Å². The quantitative estimate of drug-likeness (QED) is 0.732. The van der Waals surface area contributed by atoms with E-state index >= 15 is 0 Å². The molecule has 3 nitrogen and oxygen atoms in total. The average Bonchev–Trinajstić information content (AvgIpc) is 2.97. The van der Waals surface area contributed by atoms with Crippen LogP contribution in [0.3, 0.4) is 0 Å². The van der Waals surface area contributed by atoms with Crippen LogP contribution in [0.25, 0.3) is 0 Å². The molecule has 26 heavy (non-hydrogen) atoms. The lowest BCUT2D eigenvalue weighted by Gasteiger charge is -2.58. The Hall–Kier alpha value is -0.380. The van der Waals surface area contributed by atoms with Gasteiger partial charge in [0, 0.05) is 0 Å². The van der Waals surface area contributed by atoms with Crippen molar-refractivity contribution in [2.24, 2.45) is 34.5 Å². The molecule has 0 aromatic rings. The summed E-state index contributed by atoms with van der Waals surface area (Å²) in [5, 5.41) is 19.3. The lowest BCUT2D eigenvalue weighted by atomic mass is 9.47. The lowest BCUT2D eigenvalue weighted by molar-refractivity contribution is -0.0840. The minimum Gasteiger partial charge on any atom is -0.394 e. The predicted octanol–water partition coefficient (Wildman–Crippen LogP) is 4.32. The van der Waals surface area contributed by atoms with E-state index in [0.717, 1.165) is 30.6 Å². The second-order valence-electron chi connectivity index (χ2n) is 10.2. The number of fused-ring (bicyclic) bond motifs is 5. The van der Waals surface area contributed by atoms with E-state index in [1.807, 2.05) is 0 Å². The van der Waals surface area contributed by atoms with Gasteiger partial charge >= 0.3 is 0 Å². The van der Waals surface area contributed by atoms with Gasteiger partial charge in [-0.1, -0.05) is 25.5 Å². The number of allylic oxidation sites excluding steroid dienone is 1. The Kier molecular flexibility index (Phi) is 5.03. The molecule has 0 radical (unpaired) electrons. The number of aliphatic hydroxyl groups excluding tert-OH is 2. The fourth-order valence-corrected chi connectivity index (χ4v) is 7.81. The first-order valence-electron chi connectivity index (χ1n) is 11.0. The molecule has 0 spiro atoms. The maximum absolute atomic E-state index is 10.1. The van der Waals surface area contributed by atoms with E-state index in [0.29, 0.717) is 23.4 Å². The largest absolute Gasteiger partial charge is 0.394 e. The average molecular weight is 363 g/mol. The van der Waals surface area contributed by atoms with Gasteiger partial charge in [0.15, 0.2) is 0 Å². The van der Waals surface area contributed by atoms with E-state index < -0.39 is 0 Å². The first kappa shape index (κ1) is 19.0. The number of aliphatic hydroxyl groups is 2. The molecule has 8 atom stereocenters. The van der Waals surface area contributed by atoms with Crippen LogP contribution < -0.4 is 0 Å². The molecule has 0 aliphatic heterocycles. The maximum atomic E-state index is 10.1. The highest BCUT2D eigenvalue weighted by atomic mass is 16.5. The van der Waals surface area contributed by atoms with Gasteiger partial charge in [-0.05, 0) is 92.8 Å². The Bertz CT molecular complexity index is 558. The summed E-state index contributed by atoms with van der Waals surface area (Å²) in [6, 6.07) is 0. The predicted molar refractivity (Wildman–Crippen MR) is 104 cm³/mol. The summed E-state index contributed by atoms with van der Waals surface area (Å²) in [6.45, 7) is 7.86. The van der Waals surface area contributed by atoms with E-state index in [2.05, 4.69) is 26.8 Å². The van der Waals surface area contributed by atoms with Crippen LogP contribution in [0, 0.1) is 34.5 Å². The fourth-order valence-electron chi connectivity index (χ4n) is 7.81. The third-order valence-corrected chi connectivity index (χ3v) is 9.19. The van der Waals surface area contributed by atoms with Crippen LogP contribution in [-0.4, -0.2) is 35.6 Å². The lowest BCUT2D eigenvalue weighted by Crippen LogP contribution is -2.51. The summed E-state index contributed by atoms with van der Waals surface area (Å²) in [7, 11) is 0. The van der Waals surface area contributed by atoms with Crippen LogP contribution in [0.4, 0.5) is 0 Å². The van der Waals surface area contributed by atoms with Crippen molar-refractivity contribution in [2.45, 2.75) is 84.3 Å². The number of hydrogen-bond donors (Lipinski definition) is 2. The summed E-state index contributed by atoms with van der Waals surface area (Å²) in [5.41, 5.74) is 2.29. The summed E-state index contributed by atoms with van der Waals surface area (Å²) < 4.78 is 5.95. The molecule has 3 heteroatoms. The zero-order valence-corrected chi connectivity index (χ0v) is 16.9. The highest BCUT2D eigenvalue weighted by molar-refractivity contribution is 5.25. The Morgan fingerprint density at radius 3 is 2.73 bits per heavy atom. The first-order chi connectivity index (χ1) is 12.4. The Labute approximate surface area is 159 Å². The molecular weight excluding hydrogens is 324 g/mol. The smallest absolute Gasteiger partial charge is 0.0701 e. The molecule has 0 aromatic heterocycles. The highest BCUT2D eigenvalue weighted by Crippen LogP contribution is 2.66. The summed E-state index contributed by atoms with van der Waals surface area (Å²) in [6.07, 6.45) is 12.2. The third kappa shape index (κ3) is 2.81. The number of hydrogen-bond acceptors (Lipinski definition) is 3. The molecule has 0 unspecified atom stereocenters. The summed E-state index contributed by atoms with van der Waals surface area (Å²) in [5.74, 6) is 3.06. The van der Waals surface area contributed by atoms with Crippen LogP contribution in [-0.2, 0) is 4.74 Å². The van der Waals surface area contributed by atoms with Crippen LogP contribution >= 0.6 is 0 Å². The van der Waals surface area contributed by atoms with Crippen molar-refractivity contribution in [3.8, 4) is 0 Å². The van der Waals surface area contributed by atoms with Crippen LogP contribution in [0.1, 0.15) is 72.1 Å². The van der Waals surface area contributed by atoms with Crippen LogP contribution in [0.5, 0.6) is 0 Å². The van der Waals surface area contributed by atoms with Crippen molar-refractivity contribution >= 4 is 0 Å². The van der Waals surface area contributed by atoms with E-state index in [1.165, 1.54) is 38.5 Å². The standard InChI is InChI=1S/C23H38O3/c1-15(26-13-12-24)19-6-7-20-18-5-4-16-14-17(25)8-10-22(16,2)21(18)9-11-23(19,20)3/h4,15,17-21,24-25H,5-14H2,1-3H3/t15-,17+,18-,19+,20-,21-,22-,23+/m0/s1.